The van der Waals surface area contributed by atoms with Crippen molar-refractivity contribution in [1.82, 2.24) is 15.1 Å². The summed E-state index contributed by atoms with van der Waals surface area (Å²) < 4.78 is 0. The van der Waals surface area contributed by atoms with Crippen molar-refractivity contribution in [2.24, 2.45) is 0 Å². The lowest BCUT2D eigenvalue weighted by molar-refractivity contribution is 0.175. The van der Waals surface area contributed by atoms with Gasteiger partial charge in [-0.05, 0) is 52.9 Å². The lowest BCUT2D eigenvalue weighted by atomic mass is 9.99. The molecule has 4 nitrogen and oxygen atoms in total. The number of nitrogens with one attached hydrogen (secondary N) is 1. The first kappa shape index (κ1) is 16.4. The molecule has 1 fully saturated rings. The van der Waals surface area contributed by atoms with Crippen LogP contribution in [0.4, 0.5) is 0 Å². The van der Waals surface area contributed by atoms with Gasteiger partial charge in [0.15, 0.2) is 0 Å². The maximum atomic E-state index is 9.46. The lowest BCUT2D eigenvalue weighted by Gasteiger charge is -2.31. The van der Waals surface area contributed by atoms with Gasteiger partial charge in [0, 0.05) is 19.1 Å². The van der Waals surface area contributed by atoms with E-state index in [2.05, 4.69) is 49.1 Å². The average molecular weight is 266 g/mol. The van der Waals surface area contributed by atoms with Gasteiger partial charge in [-0.25, -0.2) is 0 Å². The van der Waals surface area contributed by atoms with E-state index in [9.17, 15) is 5.26 Å². The molecule has 0 aliphatic heterocycles. The van der Waals surface area contributed by atoms with E-state index in [1.807, 2.05) is 0 Å². The van der Waals surface area contributed by atoms with Gasteiger partial charge in [-0.1, -0.05) is 13.8 Å². The van der Waals surface area contributed by atoms with Crippen LogP contribution >= 0.6 is 0 Å². The van der Waals surface area contributed by atoms with Crippen molar-refractivity contribution >= 4 is 0 Å². The molecule has 0 radical (unpaired) electrons. The van der Waals surface area contributed by atoms with Crippen LogP contribution in [-0.4, -0.2) is 61.7 Å². The van der Waals surface area contributed by atoms with Gasteiger partial charge in [-0.3, -0.25) is 10.2 Å². The molecule has 110 valence electrons. The molecule has 4 heteroatoms. The number of rotatable bonds is 8. The van der Waals surface area contributed by atoms with Gasteiger partial charge >= 0.3 is 0 Å². The van der Waals surface area contributed by atoms with Crippen molar-refractivity contribution < 1.29 is 0 Å². The summed E-state index contributed by atoms with van der Waals surface area (Å²) in [4.78, 5) is 4.82. The molecule has 1 saturated carbocycles. The molecule has 1 rings (SSSR count). The van der Waals surface area contributed by atoms with Crippen LogP contribution in [0.5, 0.6) is 0 Å². The Balaban J connectivity index is 2.59. The van der Waals surface area contributed by atoms with Crippen molar-refractivity contribution in [2.75, 3.05) is 40.3 Å². The average Bonchev–Trinajstić information content (AvgIpc) is 2.79. The number of hydrogen-bond donors (Lipinski definition) is 1. The standard InChI is InChI=1S/C15H30N4/c1-5-9-19(11-10-18(3)4)14-7-8-15(12-14,13-16)17-6-2/h14,17H,5-12H2,1-4H3. The van der Waals surface area contributed by atoms with Crippen LogP contribution in [0.3, 0.4) is 0 Å². The van der Waals surface area contributed by atoms with Gasteiger partial charge in [0.05, 0.1) is 6.07 Å². The van der Waals surface area contributed by atoms with Crippen molar-refractivity contribution in [3.8, 4) is 6.07 Å². The van der Waals surface area contributed by atoms with Crippen molar-refractivity contribution in [1.29, 1.82) is 5.26 Å². The van der Waals surface area contributed by atoms with Gasteiger partial charge in [0.2, 0.25) is 0 Å². The van der Waals surface area contributed by atoms with Gasteiger partial charge in [0.1, 0.15) is 5.54 Å². The number of likely N-dealkylation sites (N-methyl/N-ethyl adjacent to an activating group) is 1. The Morgan fingerprint density at radius 2 is 2.00 bits per heavy atom. The van der Waals surface area contributed by atoms with Crippen LogP contribution in [0.25, 0.3) is 0 Å². The Labute approximate surface area is 118 Å². The molecular weight excluding hydrogens is 236 g/mol. The summed E-state index contributed by atoms with van der Waals surface area (Å²) in [5.74, 6) is 0. The van der Waals surface area contributed by atoms with Gasteiger partial charge in [-0.15, -0.1) is 0 Å². The summed E-state index contributed by atoms with van der Waals surface area (Å²) >= 11 is 0. The molecule has 2 atom stereocenters. The summed E-state index contributed by atoms with van der Waals surface area (Å²) in [5.41, 5.74) is -0.274. The molecule has 2 unspecified atom stereocenters. The maximum absolute atomic E-state index is 9.46. The third-order valence-corrected chi connectivity index (χ3v) is 4.08. The van der Waals surface area contributed by atoms with Gasteiger partial charge in [-0.2, -0.15) is 5.26 Å². The minimum Gasteiger partial charge on any atom is -0.308 e. The van der Waals surface area contributed by atoms with Crippen LogP contribution in [0.15, 0.2) is 0 Å². The Kier molecular flexibility index (Phi) is 6.78. The molecule has 1 aliphatic carbocycles. The first-order valence-electron chi connectivity index (χ1n) is 7.62. The molecule has 19 heavy (non-hydrogen) atoms. The predicted octanol–water partition coefficient (Wildman–Crippen LogP) is 1.68. The Bertz CT molecular complexity index is 297. The Morgan fingerprint density at radius 1 is 1.26 bits per heavy atom. The smallest absolute Gasteiger partial charge is 0.108 e. The highest BCUT2D eigenvalue weighted by molar-refractivity contribution is 5.13. The number of nitrogens with zero attached hydrogens (tertiary/aromatic N) is 3. The third kappa shape index (κ3) is 4.76. The van der Waals surface area contributed by atoms with Crippen molar-refractivity contribution in [3.05, 3.63) is 0 Å². The maximum Gasteiger partial charge on any atom is 0.108 e. The fraction of sp³-hybridized carbons (Fsp3) is 0.933. The minimum absolute atomic E-state index is 0.274. The normalized spacial score (nSPS) is 27.1. The van der Waals surface area contributed by atoms with E-state index in [-0.39, 0.29) is 5.54 Å². The number of nitriles is 1. The quantitative estimate of drug-likeness (QED) is 0.726. The highest BCUT2D eigenvalue weighted by Gasteiger charge is 2.40. The summed E-state index contributed by atoms with van der Waals surface area (Å²) in [6.45, 7) is 8.55. The zero-order valence-corrected chi connectivity index (χ0v) is 13.1. The topological polar surface area (TPSA) is 42.3 Å². The first-order chi connectivity index (χ1) is 9.06. The highest BCUT2D eigenvalue weighted by Crippen LogP contribution is 2.32. The molecule has 1 aliphatic rings. The molecule has 0 saturated heterocycles. The van der Waals surface area contributed by atoms with E-state index in [1.54, 1.807) is 0 Å². The second-order valence-electron chi connectivity index (χ2n) is 5.96. The fourth-order valence-corrected chi connectivity index (χ4v) is 3.06. The van der Waals surface area contributed by atoms with Crippen LogP contribution in [0.1, 0.15) is 39.5 Å². The second-order valence-corrected chi connectivity index (χ2v) is 5.96. The molecule has 0 bridgehead atoms. The summed E-state index contributed by atoms with van der Waals surface area (Å²) in [7, 11) is 4.24. The van der Waals surface area contributed by atoms with Crippen molar-refractivity contribution in [2.45, 2.75) is 51.1 Å². The first-order valence-corrected chi connectivity index (χ1v) is 7.62. The lowest BCUT2D eigenvalue weighted by Crippen LogP contribution is -2.45. The van der Waals surface area contributed by atoms with E-state index in [0.29, 0.717) is 6.04 Å². The second kappa shape index (κ2) is 7.84. The van der Waals surface area contributed by atoms with E-state index in [4.69, 9.17) is 0 Å². The third-order valence-electron chi connectivity index (χ3n) is 4.08. The largest absolute Gasteiger partial charge is 0.308 e. The SMILES string of the molecule is CCCN(CCN(C)C)C1CCC(C#N)(NCC)C1. The van der Waals surface area contributed by atoms with Crippen LogP contribution in [-0.2, 0) is 0 Å². The van der Waals surface area contributed by atoms with Crippen LogP contribution in [0.2, 0.25) is 0 Å². The molecule has 0 aromatic carbocycles. The summed E-state index contributed by atoms with van der Waals surface area (Å²) in [5, 5.41) is 12.9. The summed E-state index contributed by atoms with van der Waals surface area (Å²) in [6.07, 6.45) is 4.30. The molecule has 1 N–H and O–H groups in total. The van der Waals surface area contributed by atoms with Crippen LogP contribution < -0.4 is 5.32 Å². The Hall–Kier alpha value is -0.630. The fourth-order valence-electron chi connectivity index (χ4n) is 3.06. The van der Waals surface area contributed by atoms with Gasteiger partial charge in [0.25, 0.3) is 0 Å². The van der Waals surface area contributed by atoms with Gasteiger partial charge < -0.3 is 4.90 Å². The molecule has 0 aromatic heterocycles. The van der Waals surface area contributed by atoms with Crippen LogP contribution in [0, 0.1) is 11.3 Å². The van der Waals surface area contributed by atoms with E-state index < -0.39 is 0 Å². The molecule has 0 amide bonds. The molecule has 0 heterocycles. The molecular formula is C15H30N4. The highest BCUT2D eigenvalue weighted by atomic mass is 15.2. The molecule has 0 aromatic rings. The van der Waals surface area contributed by atoms with E-state index in [1.165, 1.54) is 6.42 Å². The molecule has 0 spiro atoms. The zero-order chi connectivity index (χ0) is 14.3. The monoisotopic (exact) mass is 266 g/mol. The predicted molar refractivity (Wildman–Crippen MR) is 80.1 cm³/mol. The minimum atomic E-state index is -0.274. The Morgan fingerprint density at radius 3 is 2.53 bits per heavy atom. The zero-order valence-electron chi connectivity index (χ0n) is 13.1. The summed E-state index contributed by atoms with van der Waals surface area (Å²) in [6, 6.07) is 3.09. The van der Waals surface area contributed by atoms with E-state index in [0.717, 1.165) is 45.4 Å². The number of hydrogen-bond acceptors (Lipinski definition) is 4. The van der Waals surface area contributed by atoms with E-state index >= 15 is 0 Å². The van der Waals surface area contributed by atoms with Crippen molar-refractivity contribution in [3.63, 3.8) is 0 Å².